The van der Waals surface area contributed by atoms with Gasteiger partial charge in [-0.25, -0.2) is 9.37 Å². The van der Waals surface area contributed by atoms with Crippen molar-refractivity contribution in [3.8, 4) is 11.1 Å². The largest absolute Gasteiger partial charge is 0.386 e. The Balaban J connectivity index is 2.29. The van der Waals surface area contributed by atoms with E-state index in [0.717, 1.165) is 5.39 Å². The summed E-state index contributed by atoms with van der Waals surface area (Å²) < 4.78 is 15.6. The standard InChI is InChI=1S/C20H21FN4O2/c1-5-25-18-9-19(24-12(3)26)23-10-13(18)7-15(20(25)27)14-8-17(22-4)16(21)6-11(14)2/h6-10,22H,5H2,1-4H3,(H,23,24,26). The quantitative estimate of drug-likeness (QED) is 0.739. The minimum absolute atomic E-state index is 0.179. The summed E-state index contributed by atoms with van der Waals surface area (Å²) in [6, 6.07) is 6.50. The molecule has 0 aliphatic rings. The number of pyridine rings is 2. The molecule has 3 aromatic rings. The van der Waals surface area contributed by atoms with Crippen molar-refractivity contribution < 1.29 is 9.18 Å². The van der Waals surface area contributed by atoms with Crippen molar-refractivity contribution in [2.45, 2.75) is 27.3 Å². The second-order valence-electron chi connectivity index (χ2n) is 6.31. The Hall–Kier alpha value is -3.22. The van der Waals surface area contributed by atoms with Crippen LogP contribution in [0.5, 0.6) is 0 Å². The highest BCUT2D eigenvalue weighted by atomic mass is 19.1. The highest BCUT2D eigenvalue weighted by molar-refractivity contribution is 5.91. The first kappa shape index (κ1) is 18.6. The monoisotopic (exact) mass is 368 g/mol. The Morgan fingerprint density at radius 3 is 2.59 bits per heavy atom. The summed E-state index contributed by atoms with van der Waals surface area (Å²) in [5.41, 5.74) is 2.65. The van der Waals surface area contributed by atoms with Gasteiger partial charge in [0.1, 0.15) is 11.6 Å². The lowest BCUT2D eigenvalue weighted by atomic mass is 9.99. The molecule has 140 valence electrons. The normalized spacial score (nSPS) is 10.9. The van der Waals surface area contributed by atoms with Crippen LogP contribution in [0.3, 0.4) is 0 Å². The third-order valence-electron chi connectivity index (χ3n) is 4.47. The second-order valence-corrected chi connectivity index (χ2v) is 6.31. The van der Waals surface area contributed by atoms with Crippen LogP contribution in [0, 0.1) is 12.7 Å². The molecule has 0 aliphatic heterocycles. The summed E-state index contributed by atoms with van der Waals surface area (Å²) in [5, 5.41) is 6.20. The summed E-state index contributed by atoms with van der Waals surface area (Å²) in [6.45, 7) is 5.50. The number of amides is 1. The van der Waals surface area contributed by atoms with E-state index in [1.807, 2.05) is 6.92 Å². The number of aromatic nitrogens is 2. The molecule has 6 nitrogen and oxygen atoms in total. The number of hydrogen-bond acceptors (Lipinski definition) is 4. The minimum Gasteiger partial charge on any atom is -0.386 e. The molecule has 0 unspecified atom stereocenters. The number of fused-ring (bicyclic) bond motifs is 1. The van der Waals surface area contributed by atoms with Crippen LogP contribution >= 0.6 is 0 Å². The molecule has 1 amide bonds. The van der Waals surface area contributed by atoms with Crippen LogP contribution in [0.1, 0.15) is 19.4 Å². The van der Waals surface area contributed by atoms with Crippen molar-refractivity contribution in [2.24, 2.45) is 0 Å². The molecule has 0 bridgehead atoms. The molecule has 0 saturated heterocycles. The Morgan fingerprint density at radius 1 is 1.22 bits per heavy atom. The second kappa shape index (κ2) is 7.19. The number of hydrogen-bond donors (Lipinski definition) is 2. The number of nitrogens with zero attached hydrogens (tertiary/aromatic N) is 2. The molecule has 2 heterocycles. The topological polar surface area (TPSA) is 76.0 Å². The van der Waals surface area contributed by atoms with Crippen molar-refractivity contribution >= 4 is 28.3 Å². The Kier molecular flexibility index (Phi) is 4.94. The number of carbonyl (C=O) groups is 1. The lowest BCUT2D eigenvalue weighted by molar-refractivity contribution is -0.114. The van der Waals surface area contributed by atoms with Gasteiger partial charge in [0.2, 0.25) is 5.91 Å². The molecule has 0 atom stereocenters. The van der Waals surface area contributed by atoms with Gasteiger partial charge in [-0.15, -0.1) is 0 Å². The fraction of sp³-hybridized carbons (Fsp3) is 0.250. The van der Waals surface area contributed by atoms with Crippen LogP contribution < -0.4 is 16.2 Å². The number of benzene rings is 1. The Bertz CT molecular complexity index is 1110. The van der Waals surface area contributed by atoms with E-state index in [1.54, 1.807) is 42.9 Å². The summed E-state index contributed by atoms with van der Waals surface area (Å²) in [7, 11) is 1.63. The minimum atomic E-state index is -0.364. The zero-order chi connectivity index (χ0) is 19.7. The highest BCUT2D eigenvalue weighted by Gasteiger charge is 2.15. The molecule has 2 aromatic heterocycles. The van der Waals surface area contributed by atoms with Gasteiger partial charge in [-0.2, -0.15) is 0 Å². The molecule has 2 N–H and O–H groups in total. The molecule has 3 rings (SSSR count). The number of nitrogens with one attached hydrogen (secondary N) is 2. The number of aryl methyl sites for hydroxylation is 2. The Labute approximate surface area is 156 Å². The van der Waals surface area contributed by atoms with E-state index in [2.05, 4.69) is 15.6 Å². The number of carbonyl (C=O) groups excluding carboxylic acids is 1. The van der Waals surface area contributed by atoms with Gasteiger partial charge in [-0.3, -0.25) is 9.59 Å². The predicted octanol–water partition coefficient (Wildman–Crippen LogP) is 3.53. The van der Waals surface area contributed by atoms with Gasteiger partial charge < -0.3 is 15.2 Å². The molecule has 0 fully saturated rings. The van der Waals surface area contributed by atoms with Crippen LogP contribution in [0.25, 0.3) is 22.0 Å². The maximum absolute atomic E-state index is 14.0. The molecular formula is C20H21FN4O2. The van der Waals surface area contributed by atoms with Gasteiger partial charge in [0.25, 0.3) is 5.56 Å². The molecule has 27 heavy (non-hydrogen) atoms. The van der Waals surface area contributed by atoms with E-state index in [9.17, 15) is 14.0 Å². The van der Waals surface area contributed by atoms with Crippen molar-refractivity contribution in [3.05, 3.63) is 52.2 Å². The molecule has 7 heteroatoms. The van der Waals surface area contributed by atoms with Crippen molar-refractivity contribution in [3.63, 3.8) is 0 Å². The van der Waals surface area contributed by atoms with Gasteiger partial charge in [0.15, 0.2) is 0 Å². The SMILES string of the molecule is CCn1c(=O)c(-c2cc(NC)c(F)cc2C)cc2cnc(NC(C)=O)cc21. The molecule has 0 aliphatic carbocycles. The average Bonchev–Trinajstić information content (AvgIpc) is 2.61. The third kappa shape index (κ3) is 3.40. The van der Waals surface area contributed by atoms with Crippen molar-refractivity contribution in [1.82, 2.24) is 9.55 Å². The first-order valence-corrected chi connectivity index (χ1v) is 8.65. The smallest absolute Gasteiger partial charge is 0.258 e. The van der Waals surface area contributed by atoms with E-state index in [4.69, 9.17) is 0 Å². The van der Waals surface area contributed by atoms with Crippen LogP contribution in [-0.2, 0) is 11.3 Å². The van der Waals surface area contributed by atoms with Crippen molar-refractivity contribution in [1.29, 1.82) is 0 Å². The van der Waals surface area contributed by atoms with Crippen LogP contribution in [-0.4, -0.2) is 22.5 Å². The first-order chi connectivity index (χ1) is 12.8. The maximum Gasteiger partial charge on any atom is 0.258 e. The fourth-order valence-electron chi connectivity index (χ4n) is 3.18. The van der Waals surface area contributed by atoms with Gasteiger partial charge in [0, 0.05) is 43.7 Å². The summed E-state index contributed by atoms with van der Waals surface area (Å²) in [5.74, 6) is -0.206. The van der Waals surface area contributed by atoms with E-state index < -0.39 is 0 Å². The van der Waals surface area contributed by atoms with Crippen LogP contribution in [0.4, 0.5) is 15.9 Å². The molecule has 0 saturated carbocycles. The van der Waals surface area contributed by atoms with Crippen LogP contribution in [0.2, 0.25) is 0 Å². The maximum atomic E-state index is 14.0. The van der Waals surface area contributed by atoms with E-state index in [0.29, 0.717) is 40.3 Å². The molecule has 0 radical (unpaired) electrons. The zero-order valence-corrected chi connectivity index (χ0v) is 15.7. The van der Waals surface area contributed by atoms with E-state index in [-0.39, 0.29) is 17.3 Å². The van der Waals surface area contributed by atoms with Crippen molar-refractivity contribution in [2.75, 3.05) is 17.7 Å². The third-order valence-corrected chi connectivity index (χ3v) is 4.47. The number of rotatable bonds is 4. The lowest BCUT2D eigenvalue weighted by Crippen LogP contribution is -2.22. The van der Waals surface area contributed by atoms with Gasteiger partial charge in [-0.05, 0) is 43.2 Å². The summed E-state index contributed by atoms with van der Waals surface area (Å²) >= 11 is 0. The fourth-order valence-corrected chi connectivity index (χ4v) is 3.18. The Morgan fingerprint density at radius 2 is 1.96 bits per heavy atom. The summed E-state index contributed by atoms with van der Waals surface area (Å²) in [6.07, 6.45) is 1.62. The molecule has 0 spiro atoms. The molecular weight excluding hydrogens is 347 g/mol. The first-order valence-electron chi connectivity index (χ1n) is 8.65. The molecule has 1 aromatic carbocycles. The number of anilines is 2. The lowest BCUT2D eigenvalue weighted by Gasteiger charge is -2.15. The van der Waals surface area contributed by atoms with E-state index in [1.165, 1.54) is 13.0 Å². The van der Waals surface area contributed by atoms with Gasteiger partial charge >= 0.3 is 0 Å². The average molecular weight is 368 g/mol. The predicted molar refractivity (Wildman–Crippen MR) is 106 cm³/mol. The number of halogens is 1. The van der Waals surface area contributed by atoms with E-state index >= 15 is 0 Å². The van der Waals surface area contributed by atoms with Crippen LogP contribution in [0.15, 0.2) is 35.3 Å². The van der Waals surface area contributed by atoms with Gasteiger partial charge in [-0.1, -0.05) is 0 Å². The highest BCUT2D eigenvalue weighted by Crippen LogP contribution is 2.29. The zero-order valence-electron chi connectivity index (χ0n) is 15.7. The summed E-state index contributed by atoms with van der Waals surface area (Å²) in [4.78, 5) is 28.6. The van der Waals surface area contributed by atoms with Gasteiger partial charge in [0.05, 0.1) is 11.2 Å².